The Hall–Kier alpha value is -2.02. The lowest BCUT2D eigenvalue weighted by Crippen LogP contribution is -2.20. The summed E-state index contributed by atoms with van der Waals surface area (Å²) in [4.78, 5) is 23.3. The van der Waals surface area contributed by atoms with Crippen LogP contribution < -0.4 is 5.69 Å². The monoisotopic (exact) mass is 305 g/mol. The van der Waals surface area contributed by atoms with Crippen molar-refractivity contribution in [3.05, 3.63) is 46.4 Å². The SMILES string of the molecule is O=C1OCC[C@H]1Sc1n[nH]c(=O)n1CCc1ccccc1. The molecule has 1 saturated heterocycles. The van der Waals surface area contributed by atoms with Crippen molar-refractivity contribution in [2.24, 2.45) is 0 Å². The van der Waals surface area contributed by atoms with Gasteiger partial charge in [0.25, 0.3) is 0 Å². The fraction of sp³-hybridized carbons (Fsp3) is 0.357. The number of H-pyrrole nitrogens is 1. The second kappa shape index (κ2) is 6.17. The molecule has 0 saturated carbocycles. The smallest absolute Gasteiger partial charge is 0.343 e. The van der Waals surface area contributed by atoms with Gasteiger partial charge in [-0.2, -0.15) is 0 Å². The van der Waals surface area contributed by atoms with Crippen LogP contribution in [0.2, 0.25) is 0 Å². The third kappa shape index (κ3) is 3.18. The first-order chi connectivity index (χ1) is 10.2. The lowest BCUT2D eigenvalue weighted by Gasteiger charge is -2.07. The van der Waals surface area contributed by atoms with Crippen LogP contribution in [0.1, 0.15) is 12.0 Å². The zero-order valence-electron chi connectivity index (χ0n) is 11.3. The van der Waals surface area contributed by atoms with Gasteiger partial charge >= 0.3 is 11.7 Å². The molecule has 1 fully saturated rings. The number of esters is 1. The molecule has 2 aromatic rings. The highest BCUT2D eigenvalue weighted by Gasteiger charge is 2.29. The number of rotatable bonds is 5. The van der Waals surface area contributed by atoms with Gasteiger partial charge in [0.1, 0.15) is 5.25 Å². The average molecular weight is 305 g/mol. The lowest BCUT2D eigenvalue weighted by atomic mass is 10.1. The number of thioether (sulfide) groups is 1. The Morgan fingerprint density at radius 3 is 2.86 bits per heavy atom. The van der Waals surface area contributed by atoms with Gasteiger partial charge in [0.2, 0.25) is 0 Å². The van der Waals surface area contributed by atoms with E-state index in [0.29, 0.717) is 24.7 Å². The quantitative estimate of drug-likeness (QED) is 0.841. The van der Waals surface area contributed by atoms with Crippen LogP contribution in [0.3, 0.4) is 0 Å². The van der Waals surface area contributed by atoms with Crippen molar-refractivity contribution in [3.8, 4) is 0 Å². The maximum absolute atomic E-state index is 11.8. The van der Waals surface area contributed by atoms with E-state index in [1.54, 1.807) is 4.57 Å². The van der Waals surface area contributed by atoms with E-state index < -0.39 is 0 Å². The van der Waals surface area contributed by atoms with E-state index in [0.717, 1.165) is 12.0 Å². The highest BCUT2D eigenvalue weighted by atomic mass is 32.2. The number of carbonyl (C=O) groups excluding carboxylic acids is 1. The Morgan fingerprint density at radius 2 is 2.14 bits per heavy atom. The summed E-state index contributed by atoms with van der Waals surface area (Å²) < 4.78 is 6.50. The highest BCUT2D eigenvalue weighted by Crippen LogP contribution is 2.27. The van der Waals surface area contributed by atoms with Crippen molar-refractivity contribution >= 4 is 17.7 Å². The number of hydrogen-bond acceptors (Lipinski definition) is 5. The molecule has 1 aliphatic rings. The molecule has 1 aromatic heterocycles. The third-order valence-corrected chi connectivity index (χ3v) is 4.56. The Morgan fingerprint density at radius 1 is 1.33 bits per heavy atom. The number of nitrogens with zero attached hydrogens (tertiary/aromatic N) is 2. The summed E-state index contributed by atoms with van der Waals surface area (Å²) in [6.45, 7) is 0.971. The van der Waals surface area contributed by atoms with Gasteiger partial charge in [-0.1, -0.05) is 42.1 Å². The number of aromatic nitrogens is 3. The van der Waals surface area contributed by atoms with Crippen LogP contribution in [0.15, 0.2) is 40.3 Å². The number of aryl methyl sites for hydroxylation is 1. The molecule has 7 heteroatoms. The van der Waals surface area contributed by atoms with E-state index in [-0.39, 0.29) is 16.9 Å². The molecule has 1 aliphatic heterocycles. The van der Waals surface area contributed by atoms with E-state index in [1.165, 1.54) is 11.8 Å². The predicted molar refractivity (Wildman–Crippen MR) is 78.2 cm³/mol. The van der Waals surface area contributed by atoms with Crippen LogP contribution in [0.25, 0.3) is 0 Å². The average Bonchev–Trinajstić information content (AvgIpc) is 3.06. The molecule has 6 nitrogen and oxygen atoms in total. The van der Waals surface area contributed by atoms with E-state index in [9.17, 15) is 9.59 Å². The molecular formula is C14H15N3O3S. The molecule has 1 N–H and O–H groups in total. The lowest BCUT2D eigenvalue weighted by molar-refractivity contribution is -0.137. The Balaban J connectivity index is 1.71. The Kier molecular flexibility index (Phi) is 4.10. The summed E-state index contributed by atoms with van der Waals surface area (Å²) >= 11 is 1.29. The van der Waals surface area contributed by atoms with Gasteiger partial charge in [-0.15, -0.1) is 5.10 Å². The number of cyclic esters (lactones) is 1. The molecule has 1 atom stereocenters. The fourth-order valence-electron chi connectivity index (χ4n) is 2.19. The molecule has 0 unspecified atom stereocenters. The van der Waals surface area contributed by atoms with E-state index in [4.69, 9.17) is 4.74 Å². The van der Waals surface area contributed by atoms with E-state index in [1.807, 2.05) is 30.3 Å². The maximum atomic E-state index is 11.8. The van der Waals surface area contributed by atoms with Crippen LogP contribution in [-0.4, -0.2) is 32.6 Å². The van der Waals surface area contributed by atoms with Gasteiger partial charge in [-0.05, 0) is 12.0 Å². The number of benzene rings is 1. The molecule has 21 heavy (non-hydrogen) atoms. The molecule has 1 aromatic carbocycles. The summed E-state index contributed by atoms with van der Waals surface area (Å²) in [6, 6.07) is 9.94. The minimum absolute atomic E-state index is 0.231. The number of carbonyl (C=O) groups is 1. The molecule has 0 aliphatic carbocycles. The largest absolute Gasteiger partial charge is 0.465 e. The number of nitrogens with one attached hydrogen (secondary N) is 1. The predicted octanol–water partition coefficient (Wildman–Crippen LogP) is 1.22. The molecule has 0 spiro atoms. The standard InChI is InChI=1S/C14H15N3O3S/c18-12-11(7-9-20-12)21-14-16-15-13(19)17(14)8-6-10-4-2-1-3-5-10/h1-5,11H,6-9H2,(H,15,19)/t11-/m1/s1. The van der Waals surface area contributed by atoms with Crippen molar-refractivity contribution in [2.75, 3.05) is 6.61 Å². The third-order valence-electron chi connectivity index (χ3n) is 3.33. The van der Waals surface area contributed by atoms with E-state index in [2.05, 4.69) is 10.2 Å². The second-order valence-electron chi connectivity index (χ2n) is 4.76. The Labute approximate surface area is 125 Å². The number of aromatic amines is 1. The molecule has 0 amide bonds. The topological polar surface area (TPSA) is 77.0 Å². The summed E-state index contributed by atoms with van der Waals surface area (Å²) in [5.41, 5.74) is 0.904. The van der Waals surface area contributed by atoms with Crippen LogP contribution >= 0.6 is 11.8 Å². The molecule has 3 rings (SSSR count). The molecular weight excluding hydrogens is 290 g/mol. The van der Waals surface area contributed by atoms with E-state index >= 15 is 0 Å². The molecule has 0 bridgehead atoms. The van der Waals surface area contributed by atoms with Crippen molar-refractivity contribution in [2.45, 2.75) is 29.8 Å². The first kappa shape index (κ1) is 13.9. The van der Waals surface area contributed by atoms with Crippen molar-refractivity contribution < 1.29 is 9.53 Å². The summed E-state index contributed by atoms with van der Waals surface area (Å²) in [7, 11) is 0. The zero-order chi connectivity index (χ0) is 14.7. The summed E-state index contributed by atoms with van der Waals surface area (Å²) in [5.74, 6) is -0.231. The second-order valence-corrected chi connectivity index (χ2v) is 5.93. The van der Waals surface area contributed by atoms with Gasteiger partial charge < -0.3 is 4.74 Å². The summed E-state index contributed by atoms with van der Waals surface area (Å²) in [5, 5.41) is 6.73. The van der Waals surface area contributed by atoms with Gasteiger partial charge in [-0.25, -0.2) is 9.89 Å². The Bertz CT molecular complexity index is 680. The zero-order valence-corrected chi connectivity index (χ0v) is 12.1. The first-order valence-corrected chi connectivity index (χ1v) is 7.64. The summed E-state index contributed by atoms with van der Waals surface area (Å²) in [6.07, 6.45) is 1.40. The number of hydrogen-bond donors (Lipinski definition) is 1. The normalized spacial score (nSPS) is 17.9. The first-order valence-electron chi connectivity index (χ1n) is 6.76. The van der Waals surface area contributed by atoms with Crippen molar-refractivity contribution in [3.63, 3.8) is 0 Å². The van der Waals surface area contributed by atoms with Crippen LogP contribution in [0.5, 0.6) is 0 Å². The van der Waals surface area contributed by atoms with Crippen LogP contribution in [-0.2, 0) is 22.5 Å². The molecule has 110 valence electrons. The van der Waals surface area contributed by atoms with Crippen molar-refractivity contribution in [1.29, 1.82) is 0 Å². The van der Waals surface area contributed by atoms with Crippen LogP contribution in [0.4, 0.5) is 0 Å². The number of ether oxygens (including phenoxy) is 1. The molecule has 0 radical (unpaired) electrons. The van der Waals surface area contributed by atoms with Gasteiger partial charge in [0.05, 0.1) is 6.61 Å². The fourth-order valence-corrected chi connectivity index (χ4v) is 3.22. The van der Waals surface area contributed by atoms with Gasteiger partial charge in [-0.3, -0.25) is 9.36 Å². The minimum Gasteiger partial charge on any atom is -0.465 e. The van der Waals surface area contributed by atoms with Gasteiger partial charge in [0, 0.05) is 13.0 Å². The molecule has 2 heterocycles. The maximum Gasteiger partial charge on any atom is 0.343 e. The highest BCUT2D eigenvalue weighted by molar-refractivity contribution is 8.00. The van der Waals surface area contributed by atoms with Crippen LogP contribution in [0, 0.1) is 0 Å². The van der Waals surface area contributed by atoms with Crippen molar-refractivity contribution in [1.82, 2.24) is 14.8 Å². The van der Waals surface area contributed by atoms with Gasteiger partial charge in [0.15, 0.2) is 5.16 Å². The minimum atomic E-state index is -0.268.